The van der Waals surface area contributed by atoms with Gasteiger partial charge in [0.05, 0.1) is 31.7 Å². The molecule has 2 aromatic rings. The number of carbonyl (C=O) groups excluding carboxylic acids is 2. The number of rotatable bonds is 5. The Balaban J connectivity index is 1.44. The number of benzene rings is 2. The van der Waals surface area contributed by atoms with Gasteiger partial charge in [-0.25, -0.2) is 9.59 Å². The number of piperazine rings is 1. The van der Waals surface area contributed by atoms with Crippen molar-refractivity contribution in [3.8, 4) is 0 Å². The number of nitrogens with zero attached hydrogens (tertiary/aromatic N) is 3. The molecule has 3 heterocycles. The second-order valence-electron chi connectivity index (χ2n) is 11.6. The molecule has 0 aliphatic carbocycles. The molecule has 0 bridgehead atoms. The van der Waals surface area contributed by atoms with Gasteiger partial charge in [-0.2, -0.15) is 0 Å². The average Bonchev–Trinajstić information content (AvgIpc) is 2.97. The van der Waals surface area contributed by atoms with Crippen LogP contribution in [0.1, 0.15) is 45.7 Å². The number of carbonyl (C=O) groups is 2. The van der Waals surface area contributed by atoms with Crippen molar-refractivity contribution in [3.63, 3.8) is 0 Å². The molecule has 222 valence electrons. The Kier molecular flexibility index (Phi) is 8.61. The SMILES string of the molecule is CCc1cc(N2CCOCC2)cc2c1Nc1c(CC)cc(N3CCN(C(=O)OC(C)(C)C)C(C(=O)OC)C3)cc1S2. The van der Waals surface area contributed by atoms with Gasteiger partial charge in [0.1, 0.15) is 5.60 Å². The molecule has 5 rings (SSSR count). The van der Waals surface area contributed by atoms with Crippen molar-refractivity contribution in [1.29, 1.82) is 0 Å². The molecule has 0 aromatic heterocycles. The highest BCUT2D eigenvalue weighted by Gasteiger charge is 2.39. The topological polar surface area (TPSA) is 83.6 Å². The molecule has 0 saturated carbocycles. The quantitative estimate of drug-likeness (QED) is 0.395. The summed E-state index contributed by atoms with van der Waals surface area (Å²) in [4.78, 5) is 34.2. The molecule has 0 spiro atoms. The van der Waals surface area contributed by atoms with E-state index < -0.39 is 23.7 Å². The van der Waals surface area contributed by atoms with Crippen LogP contribution in [0.25, 0.3) is 0 Å². The van der Waals surface area contributed by atoms with Crippen LogP contribution in [-0.2, 0) is 31.8 Å². The van der Waals surface area contributed by atoms with Crippen LogP contribution in [0.5, 0.6) is 0 Å². The molecule has 9 nitrogen and oxygen atoms in total. The number of fused-ring (bicyclic) bond motifs is 2. The molecular weight excluding hydrogens is 540 g/mol. The molecular formula is C31H42N4O5S. The summed E-state index contributed by atoms with van der Waals surface area (Å²) in [6.45, 7) is 14.4. The van der Waals surface area contributed by atoms with Gasteiger partial charge in [-0.05, 0) is 69.0 Å². The third-order valence-electron chi connectivity index (χ3n) is 7.79. The van der Waals surface area contributed by atoms with Gasteiger partial charge in [-0.15, -0.1) is 0 Å². The highest BCUT2D eigenvalue weighted by Crippen LogP contribution is 2.50. The first-order valence-electron chi connectivity index (χ1n) is 14.6. The molecule has 1 unspecified atom stereocenters. The molecule has 2 fully saturated rings. The third-order valence-corrected chi connectivity index (χ3v) is 8.88. The summed E-state index contributed by atoms with van der Waals surface area (Å²) in [5.41, 5.74) is 6.51. The number of hydrogen-bond donors (Lipinski definition) is 1. The van der Waals surface area contributed by atoms with E-state index in [2.05, 4.69) is 53.2 Å². The Bertz CT molecular complexity index is 1300. The van der Waals surface area contributed by atoms with Crippen LogP contribution in [0, 0.1) is 0 Å². The van der Waals surface area contributed by atoms with E-state index in [4.69, 9.17) is 14.2 Å². The largest absolute Gasteiger partial charge is 0.467 e. The first-order chi connectivity index (χ1) is 19.6. The Morgan fingerprint density at radius 3 is 2.05 bits per heavy atom. The number of ether oxygens (including phenoxy) is 3. The Hall–Kier alpha value is -3.11. The summed E-state index contributed by atoms with van der Waals surface area (Å²) in [6.07, 6.45) is 1.32. The molecule has 1 amide bonds. The lowest BCUT2D eigenvalue weighted by atomic mass is 10.0. The number of nitrogens with one attached hydrogen (secondary N) is 1. The zero-order chi connectivity index (χ0) is 29.3. The van der Waals surface area contributed by atoms with Gasteiger partial charge in [0, 0.05) is 53.9 Å². The maximum absolute atomic E-state index is 12.9. The number of anilines is 4. The summed E-state index contributed by atoms with van der Waals surface area (Å²) in [5.74, 6) is -0.443. The van der Waals surface area contributed by atoms with Gasteiger partial charge in [-0.3, -0.25) is 4.90 Å². The van der Waals surface area contributed by atoms with Crippen molar-refractivity contribution in [3.05, 3.63) is 35.4 Å². The first-order valence-corrected chi connectivity index (χ1v) is 15.4. The minimum Gasteiger partial charge on any atom is -0.467 e. The average molecular weight is 583 g/mol. The zero-order valence-corrected chi connectivity index (χ0v) is 25.9. The van der Waals surface area contributed by atoms with E-state index in [1.165, 1.54) is 39.4 Å². The molecule has 3 aliphatic heterocycles. The van der Waals surface area contributed by atoms with Crippen molar-refractivity contribution in [2.24, 2.45) is 0 Å². The molecule has 2 aromatic carbocycles. The predicted molar refractivity (Wildman–Crippen MR) is 163 cm³/mol. The highest BCUT2D eigenvalue weighted by atomic mass is 32.2. The van der Waals surface area contributed by atoms with Crippen molar-refractivity contribution in [2.75, 3.05) is 68.2 Å². The summed E-state index contributed by atoms with van der Waals surface area (Å²) >= 11 is 1.80. The van der Waals surface area contributed by atoms with Gasteiger partial charge in [-0.1, -0.05) is 25.6 Å². The fourth-order valence-corrected chi connectivity index (χ4v) is 6.81. The molecule has 10 heteroatoms. The van der Waals surface area contributed by atoms with Crippen molar-refractivity contribution in [2.45, 2.75) is 68.9 Å². The van der Waals surface area contributed by atoms with Crippen LogP contribution in [0.4, 0.5) is 27.5 Å². The normalized spacial score (nSPS) is 18.8. The standard InChI is InChI=1S/C31H42N4O5S/c1-7-20-15-22(33-11-13-39-14-12-33)17-25-27(20)32-28-21(8-2)16-23(18-26(28)41-25)34-9-10-35(24(19-34)29(36)38-6)30(37)40-31(3,4)5/h15-18,24,32H,7-14,19H2,1-6H3. The summed E-state index contributed by atoms with van der Waals surface area (Å²) in [7, 11) is 1.36. The van der Waals surface area contributed by atoms with Gasteiger partial charge in [0.2, 0.25) is 0 Å². The number of amides is 1. The minimum atomic E-state index is -0.751. The van der Waals surface area contributed by atoms with Crippen LogP contribution >= 0.6 is 11.8 Å². The van der Waals surface area contributed by atoms with E-state index in [0.29, 0.717) is 19.6 Å². The lowest BCUT2D eigenvalue weighted by molar-refractivity contribution is -0.147. The van der Waals surface area contributed by atoms with Gasteiger partial charge in [0.15, 0.2) is 6.04 Å². The fraction of sp³-hybridized carbons (Fsp3) is 0.548. The molecule has 1 N–H and O–H groups in total. The lowest BCUT2D eigenvalue weighted by Gasteiger charge is -2.41. The van der Waals surface area contributed by atoms with Crippen molar-refractivity contribution >= 4 is 46.6 Å². The Morgan fingerprint density at radius 1 is 0.927 bits per heavy atom. The molecule has 1 atom stereocenters. The van der Waals surface area contributed by atoms with Crippen LogP contribution in [0.2, 0.25) is 0 Å². The van der Waals surface area contributed by atoms with Crippen molar-refractivity contribution < 1.29 is 23.8 Å². The predicted octanol–water partition coefficient (Wildman–Crippen LogP) is 5.45. The third kappa shape index (κ3) is 6.23. The molecule has 41 heavy (non-hydrogen) atoms. The summed E-state index contributed by atoms with van der Waals surface area (Å²) in [6, 6.07) is 8.28. The van der Waals surface area contributed by atoms with E-state index >= 15 is 0 Å². The highest BCUT2D eigenvalue weighted by molar-refractivity contribution is 7.99. The van der Waals surface area contributed by atoms with Crippen LogP contribution in [-0.4, -0.2) is 81.7 Å². The zero-order valence-electron chi connectivity index (χ0n) is 25.0. The summed E-state index contributed by atoms with van der Waals surface area (Å²) < 4.78 is 16.3. The number of aryl methyl sites for hydroxylation is 2. The summed E-state index contributed by atoms with van der Waals surface area (Å²) in [5, 5.41) is 3.79. The monoisotopic (exact) mass is 582 g/mol. The van der Waals surface area contributed by atoms with Crippen molar-refractivity contribution in [1.82, 2.24) is 4.90 Å². The Labute approximate surface area is 247 Å². The van der Waals surface area contributed by atoms with E-state index in [1.807, 2.05) is 20.8 Å². The van der Waals surface area contributed by atoms with E-state index in [0.717, 1.165) is 55.4 Å². The second-order valence-corrected chi connectivity index (χ2v) is 12.7. The van der Waals surface area contributed by atoms with E-state index in [-0.39, 0.29) is 0 Å². The van der Waals surface area contributed by atoms with Crippen LogP contribution < -0.4 is 15.1 Å². The minimum absolute atomic E-state index is 0.337. The fourth-order valence-electron chi connectivity index (χ4n) is 5.64. The first kappa shape index (κ1) is 29.4. The maximum atomic E-state index is 12.9. The maximum Gasteiger partial charge on any atom is 0.411 e. The van der Waals surface area contributed by atoms with E-state index in [9.17, 15) is 9.59 Å². The van der Waals surface area contributed by atoms with Crippen LogP contribution in [0.15, 0.2) is 34.1 Å². The molecule has 2 saturated heterocycles. The van der Waals surface area contributed by atoms with Crippen LogP contribution in [0.3, 0.4) is 0 Å². The smallest absolute Gasteiger partial charge is 0.411 e. The van der Waals surface area contributed by atoms with Gasteiger partial charge < -0.3 is 29.3 Å². The lowest BCUT2D eigenvalue weighted by Crippen LogP contribution is -2.59. The number of hydrogen-bond acceptors (Lipinski definition) is 9. The Morgan fingerprint density at radius 2 is 1.51 bits per heavy atom. The second kappa shape index (κ2) is 12.0. The number of methoxy groups -OCH3 is 1. The van der Waals surface area contributed by atoms with E-state index in [1.54, 1.807) is 11.8 Å². The number of morpholine rings is 1. The van der Waals surface area contributed by atoms with Gasteiger partial charge >= 0.3 is 12.1 Å². The van der Waals surface area contributed by atoms with Gasteiger partial charge in [0.25, 0.3) is 0 Å². The molecule has 0 radical (unpaired) electrons. The number of esters is 1. The molecule has 3 aliphatic rings.